The Kier molecular flexibility index (Phi) is 7.91. The van der Waals surface area contributed by atoms with Crippen LogP contribution < -0.4 is 10.8 Å². The molecule has 188 valence electrons. The lowest BCUT2D eigenvalue weighted by Gasteiger charge is -2.41. The van der Waals surface area contributed by atoms with Crippen molar-refractivity contribution in [3.8, 4) is 0 Å². The Hall–Kier alpha value is -2.60. The Bertz CT molecular complexity index is 1090. The summed E-state index contributed by atoms with van der Waals surface area (Å²) in [6.07, 6.45) is 1.59. The number of carboxylic acids is 1. The van der Waals surface area contributed by atoms with Gasteiger partial charge in [0, 0.05) is 0 Å². The van der Waals surface area contributed by atoms with Gasteiger partial charge >= 0.3 is 11.9 Å². The second-order valence-corrected chi connectivity index (χ2v) is 10.7. The number of nitrogens with two attached hydrogens (primary N) is 1. The van der Waals surface area contributed by atoms with Crippen molar-refractivity contribution in [3.63, 3.8) is 0 Å². The van der Waals surface area contributed by atoms with E-state index in [1.165, 1.54) is 13.3 Å². The standard InChI is InChI=1S/C20H31N6O7P/c1-12(2)32-18(27)14(4)33-34(30,25-20(19(28)29)6-5-7-20)11-31-13(3)8-26-10-24-15-16(21)22-9-23-17(15)26/h9-10,12-14H,5-8,11H2,1-4H3,(H,25,30)(H,28,29)(H2,21,22,23)/t13-,14+,34-/m1/s1. The Balaban J connectivity index is 1.72. The van der Waals surface area contributed by atoms with Crippen LogP contribution in [0.2, 0.25) is 0 Å². The van der Waals surface area contributed by atoms with E-state index in [4.69, 9.17) is 19.7 Å². The maximum absolute atomic E-state index is 13.7. The molecule has 1 fully saturated rings. The van der Waals surface area contributed by atoms with Gasteiger partial charge in [-0.3, -0.25) is 9.36 Å². The molecular formula is C20H31N6O7P. The highest BCUT2D eigenvalue weighted by Gasteiger charge is 2.50. The largest absolute Gasteiger partial charge is 0.480 e. The second kappa shape index (κ2) is 10.3. The van der Waals surface area contributed by atoms with E-state index in [0.717, 1.165) is 0 Å². The van der Waals surface area contributed by atoms with Gasteiger partial charge in [-0.1, -0.05) is 0 Å². The molecule has 0 unspecified atom stereocenters. The summed E-state index contributed by atoms with van der Waals surface area (Å²) in [7, 11) is -3.94. The van der Waals surface area contributed by atoms with Crippen LogP contribution in [-0.4, -0.2) is 66.8 Å². The van der Waals surface area contributed by atoms with Gasteiger partial charge in [-0.2, -0.15) is 0 Å². The van der Waals surface area contributed by atoms with Crippen molar-refractivity contribution in [3.05, 3.63) is 12.7 Å². The summed E-state index contributed by atoms with van der Waals surface area (Å²) in [6.45, 7) is 6.80. The van der Waals surface area contributed by atoms with Crippen molar-refractivity contribution in [2.45, 2.75) is 77.4 Å². The first-order valence-electron chi connectivity index (χ1n) is 11.0. The van der Waals surface area contributed by atoms with Gasteiger partial charge in [-0.05, 0) is 47.0 Å². The van der Waals surface area contributed by atoms with E-state index in [0.29, 0.717) is 24.1 Å². The quantitative estimate of drug-likeness (QED) is 0.286. The number of nitrogens with one attached hydrogen (secondary N) is 1. The van der Waals surface area contributed by atoms with Crippen LogP contribution in [0.25, 0.3) is 11.2 Å². The van der Waals surface area contributed by atoms with Crippen molar-refractivity contribution in [2.24, 2.45) is 0 Å². The number of anilines is 1. The number of ether oxygens (including phenoxy) is 2. The molecule has 0 amide bonds. The number of rotatable bonds is 12. The minimum absolute atomic E-state index is 0.251. The first kappa shape index (κ1) is 26.0. The molecule has 1 aliphatic rings. The summed E-state index contributed by atoms with van der Waals surface area (Å²) >= 11 is 0. The highest BCUT2D eigenvalue weighted by atomic mass is 31.2. The Morgan fingerprint density at radius 2 is 1.97 bits per heavy atom. The zero-order valence-electron chi connectivity index (χ0n) is 19.6. The second-order valence-electron chi connectivity index (χ2n) is 8.69. The molecule has 3 rings (SSSR count). The SMILES string of the molecule is CC(C)OC(=O)[C@H](C)O[P@](=O)(CO[C@H](C)Cn1cnc2c(N)ncnc21)NC1(C(=O)O)CCC1. The van der Waals surface area contributed by atoms with E-state index in [1.807, 2.05) is 0 Å². The predicted molar refractivity (Wildman–Crippen MR) is 122 cm³/mol. The zero-order valence-corrected chi connectivity index (χ0v) is 20.5. The van der Waals surface area contributed by atoms with Crippen molar-refractivity contribution in [2.75, 3.05) is 12.1 Å². The molecule has 1 saturated carbocycles. The molecule has 2 aromatic rings. The van der Waals surface area contributed by atoms with Crippen molar-refractivity contribution >= 4 is 36.4 Å². The summed E-state index contributed by atoms with van der Waals surface area (Å²) in [5.74, 6) is -1.58. The van der Waals surface area contributed by atoms with Crippen LogP contribution in [0.1, 0.15) is 47.0 Å². The highest BCUT2D eigenvalue weighted by Crippen LogP contribution is 2.50. The van der Waals surface area contributed by atoms with Gasteiger partial charge in [-0.15, -0.1) is 0 Å². The van der Waals surface area contributed by atoms with Crippen molar-refractivity contribution < 1.29 is 33.3 Å². The topological polar surface area (TPSA) is 181 Å². The average molecular weight is 498 g/mol. The zero-order chi connectivity index (χ0) is 25.1. The number of aromatic nitrogens is 4. The van der Waals surface area contributed by atoms with Crippen LogP contribution in [0.3, 0.4) is 0 Å². The summed E-state index contributed by atoms with van der Waals surface area (Å²) in [6, 6.07) is 0. The van der Waals surface area contributed by atoms with Crippen LogP contribution >= 0.6 is 7.52 Å². The minimum Gasteiger partial charge on any atom is -0.480 e. The van der Waals surface area contributed by atoms with Gasteiger partial charge in [0.15, 0.2) is 17.6 Å². The van der Waals surface area contributed by atoms with E-state index in [9.17, 15) is 19.3 Å². The molecule has 0 spiro atoms. The molecule has 4 N–H and O–H groups in total. The fourth-order valence-electron chi connectivity index (χ4n) is 3.53. The molecule has 0 aromatic carbocycles. The highest BCUT2D eigenvalue weighted by molar-refractivity contribution is 7.56. The number of esters is 1. The summed E-state index contributed by atoms with van der Waals surface area (Å²) in [4.78, 5) is 36.4. The predicted octanol–water partition coefficient (Wildman–Crippen LogP) is 1.92. The van der Waals surface area contributed by atoms with Crippen LogP contribution in [0.5, 0.6) is 0 Å². The minimum atomic E-state index is -3.94. The van der Waals surface area contributed by atoms with Gasteiger partial charge in [0.25, 0.3) is 7.52 Å². The fraction of sp³-hybridized carbons (Fsp3) is 0.650. The van der Waals surface area contributed by atoms with Crippen LogP contribution in [0.15, 0.2) is 12.7 Å². The molecule has 0 aliphatic heterocycles. The number of fused-ring (bicyclic) bond motifs is 1. The number of imidazole rings is 1. The molecular weight excluding hydrogens is 467 g/mol. The maximum Gasteiger partial charge on any atom is 0.335 e. The van der Waals surface area contributed by atoms with Gasteiger partial charge in [0.2, 0.25) is 0 Å². The first-order valence-corrected chi connectivity index (χ1v) is 12.8. The number of hydrogen-bond acceptors (Lipinski definition) is 10. The number of nitrogen functional groups attached to an aromatic ring is 1. The molecule has 1 aliphatic carbocycles. The molecule has 13 nitrogen and oxygen atoms in total. The molecule has 34 heavy (non-hydrogen) atoms. The molecule has 14 heteroatoms. The molecule has 0 saturated heterocycles. The smallest absolute Gasteiger partial charge is 0.335 e. The third-order valence-corrected chi connectivity index (χ3v) is 7.34. The van der Waals surface area contributed by atoms with E-state index >= 15 is 0 Å². The first-order chi connectivity index (χ1) is 15.9. The number of carbonyl (C=O) groups is 2. The lowest BCUT2D eigenvalue weighted by Crippen LogP contribution is -2.56. The lowest BCUT2D eigenvalue weighted by molar-refractivity contribution is -0.155. The third kappa shape index (κ3) is 5.90. The number of carbonyl (C=O) groups excluding carboxylic acids is 1. The lowest BCUT2D eigenvalue weighted by atomic mass is 9.78. The van der Waals surface area contributed by atoms with Crippen LogP contribution in [-0.2, 0) is 34.7 Å². The Morgan fingerprint density at radius 1 is 1.26 bits per heavy atom. The maximum atomic E-state index is 13.7. The monoisotopic (exact) mass is 498 g/mol. The van der Waals surface area contributed by atoms with Gasteiger partial charge < -0.3 is 29.4 Å². The third-order valence-electron chi connectivity index (χ3n) is 5.43. The summed E-state index contributed by atoms with van der Waals surface area (Å²) < 4.78 is 31.9. The van der Waals surface area contributed by atoms with Gasteiger partial charge in [-0.25, -0.2) is 24.8 Å². The van der Waals surface area contributed by atoms with E-state index in [-0.39, 0.29) is 24.8 Å². The fourth-order valence-corrected chi connectivity index (χ4v) is 5.73. The van der Waals surface area contributed by atoms with Crippen LogP contribution in [0, 0.1) is 0 Å². The molecule has 0 radical (unpaired) electrons. The molecule has 0 bridgehead atoms. The molecule has 3 atom stereocenters. The summed E-state index contributed by atoms with van der Waals surface area (Å²) in [5, 5.41) is 12.4. The number of aliphatic carboxylic acids is 1. The Labute approximate surface area is 196 Å². The number of hydrogen-bond donors (Lipinski definition) is 3. The average Bonchev–Trinajstić information content (AvgIpc) is 3.13. The molecule has 2 heterocycles. The van der Waals surface area contributed by atoms with E-state index in [2.05, 4.69) is 20.0 Å². The van der Waals surface area contributed by atoms with Gasteiger partial charge in [0.1, 0.15) is 23.7 Å². The number of carboxylic acid groups (broad SMARTS) is 1. The van der Waals surface area contributed by atoms with Crippen molar-refractivity contribution in [1.29, 1.82) is 0 Å². The van der Waals surface area contributed by atoms with Crippen LogP contribution in [0.4, 0.5) is 5.82 Å². The van der Waals surface area contributed by atoms with Gasteiger partial charge in [0.05, 0.1) is 25.1 Å². The molecule has 2 aromatic heterocycles. The van der Waals surface area contributed by atoms with E-state index in [1.54, 1.807) is 31.7 Å². The summed E-state index contributed by atoms with van der Waals surface area (Å²) in [5.41, 5.74) is 5.40. The normalized spacial score (nSPS) is 18.7. The van der Waals surface area contributed by atoms with E-state index < -0.39 is 43.6 Å². The Morgan fingerprint density at radius 3 is 2.56 bits per heavy atom. The van der Waals surface area contributed by atoms with Crippen molar-refractivity contribution in [1.82, 2.24) is 24.6 Å². The number of nitrogens with zero attached hydrogens (tertiary/aromatic N) is 4.